The summed E-state index contributed by atoms with van der Waals surface area (Å²) >= 11 is 0. The van der Waals surface area contributed by atoms with Crippen LogP contribution in [0.25, 0.3) is 0 Å². The minimum atomic E-state index is 0.335. The molecule has 2 aliphatic heterocycles. The first-order valence-corrected chi connectivity index (χ1v) is 5.85. The minimum Gasteiger partial charge on any atom is -0.376 e. The SMILES string of the molecule is CCN1CCC2(CCOC2CN)CC1. The molecule has 1 spiro atoms. The van der Waals surface area contributed by atoms with Crippen molar-refractivity contribution >= 4 is 0 Å². The van der Waals surface area contributed by atoms with Gasteiger partial charge in [0.15, 0.2) is 0 Å². The molecule has 0 bridgehead atoms. The summed E-state index contributed by atoms with van der Waals surface area (Å²) in [5.74, 6) is 0. The van der Waals surface area contributed by atoms with Gasteiger partial charge in [0.25, 0.3) is 0 Å². The zero-order chi connectivity index (χ0) is 10.0. The molecule has 2 fully saturated rings. The first-order valence-electron chi connectivity index (χ1n) is 5.85. The fourth-order valence-electron chi connectivity index (χ4n) is 2.95. The first-order chi connectivity index (χ1) is 6.80. The molecular weight excluding hydrogens is 176 g/mol. The number of nitrogens with two attached hydrogens (primary N) is 1. The predicted molar refractivity (Wildman–Crippen MR) is 57.2 cm³/mol. The average Bonchev–Trinajstić information content (AvgIpc) is 2.62. The minimum absolute atomic E-state index is 0.335. The van der Waals surface area contributed by atoms with E-state index in [1.807, 2.05) is 0 Å². The molecule has 0 saturated carbocycles. The fraction of sp³-hybridized carbons (Fsp3) is 1.00. The van der Waals surface area contributed by atoms with Gasteiger partial charge in [-0.05, 0) is 38.9 Å². The quantitative estimate of drug-likeness (QED) is 0.714. The maximum atomic E-state index is 5.77. The molecule has 0 aromatic carbocycles. The molecule has 1 unspecified atom stereocenters. The molecule has 2 heterocycles. The highest BCUT2D eigenvalue weighted by atomic mass is 16.5. The van der Waals surface area contributed by atoms with Crippen molar-refractivity contribution in [2.45, 2.75) is 32.3 Å². The lowest BCUT2D eigenvalue weighted by atomic mass is 9.73. The lowest BCUT2D eigenvalue weighted by Gasteiger charge is -2.41. The van der Waals surface area contributed by atoms with E-state index in [1.165, 1.54) is 38.9 Å². The molecule has 0 aromatic heterocycles. The Hall–Kier alpha value is -0.120. The van der Waals surface area contributed by atoms with E-state index >= 15 is 0 Å². The number of piperidine rings is 1. The summed E-state index contributed by atoms with van der Waals surface area (Å²) < 4.78 is 5.72. The zero-order valence-corrected chi connectivity index (χ0v) is 9.17. The topological polar surface area (TPSA) is 38.5 Å². The second-order valence-corrected chi connectivity index (χ2v) is 4.64. The molecule has 2 aliphatic rings. The third-order valence-corrected chi connectivity index (χ3v) is 4.12. The molecule has 2 saturated heterocycles. The van der Waals surface area contributed by atoms with Gasteiger partial charge in [0, 0.05) is 18.6 Å². The molecule has 0 radical (unpaired) electrons. The Balaban J connectivity index is 1.97. The summed E-state index contributed by atoms with van der Waals surface area (Å²) in [6.07, 6.45) is 4.12. The summed E-state index contributed by atoms with van der Waals surface area (Å²) in [5, 5.41) is 0. The van der Waals surface area contributed by atoms with Gasteiger partial charge in [0.05, 0.1) is 6.10 Å². The highest BCUT2D eigenvalue weighted by Crippen LogP contribution is 2.43. The van der Waals surface area contributed by atoms with E-state index in [0.29, 0.717) is 18.1 Å². The molecule has 3 nitrogen and oxygen atoms in total. The van der Waals surface area contributed by atoms with E-state index in [2.05, 4.69) is 11.8 Å². The summed E-state index contributed by atoms with van der Waals surface area (Å²) in [6.45, 7) is 7.51. The van der Waals surface area contributed by atoms with Gasteiger partial charge in [0.2, 0.25) is 0 Å². The number of rotatable bonds is 2. The number of hydrogen-bond acceptors (Lipinski definition) is 3. The molecule has 14 heavy (non-hydrogen) atoms. The van der Waals surface area contributed by atoms with E-state index < -0.39 is 0 Å². The lowest BCUT2D eigenvalue weighted by Crippen LogP contribution is -2.46. The highest BCUT2D eigenvalue weighted by Gasteiger charge is 2.44. The number of likely N-dealkylation sites (tertiary alicyclic amines) is 1. The van der Waals surface area contributed by atoms with Gasteiger partial charge in [-0.15, -0.1) is 0 Å². The first kappa shape index (κ1) is 10.4. The number of nitrogens with zero attached hydrogens (tertiary/aromatic N) is 1. The van der Waals surface area contributed by atoms with Crippen LogP contribution in [0.1, 0.15) is 26.2 Å². The van der Waals surface area contributed by atoms with Crippen molar-refractivity contribution in [3.63, 3.8) is 0 Å². The van der Waals surface area contributed by atoms with Crippen LogP contribution in [-0.4, -0.2) is 43.8 Å². The van der Waals surface area contributed by atoms with E-state index in [4.69, 9.17) is 10.5 Å². The number of hydrogen-bond donors (Lipinski definition) is 1. The van der Waals surface area contributed by atoms with Crippen LogP contribution < -0.4 is 5.73 Å². The molecule has 2 rings (SSSR count). The summed E-state index contributed by atoms with van der Waals surface area (Å²) in [6, 6.07) is 0. The Kier molecular flexibility index (Phi) is 3.10. The summed E-state index contributed by atoms with van der Waals surface area (Å²) in [5.41, 5.74) is 6.20. The molecule has 2 N–H and O–H groups in total. The van der Waals surface area contributed by atoms with Gasteiger partial charge >= 0.3 is 0 Å². The summed E-state index contributed by atoms with van der Waals surface area (Å²) in [4.78, 5) is 2.52. The third kappa shape index (κ3) is 1.69. The molecule has 82 valence electrons. The maximum Gasteiger partial charge on any atom is 0.0755 e. The lowest BCUT2D eigenvalue weighted by molar-refractivity contribution is 0.0156. The normalized spacial score (nSPS) is 32.6. The van der Waals surface area contributed by atoms with Crippen LogP contribution in [0.15, 0.2) is 0 Å². The van der Waals surface area contributed by atoms with Crippen LogP contribution in [0.4, 0.5) is 0 Å². The molecule has 1 atom stereocenters. The smallest absolute Gasteiger partial charge is 0.0755 e. The van der Waals surface area contributed by atoms with Crippen molar-refractivity contribution in [2.75, 3.05) is 32.8 Å². The second kappa shape index (κ2) is 4.17. The van der Waals surface area contributed by atoms with E-state index in [9.17, 15) is 0 Å². The van der Waals surface area contributed by atoms with Crippen molar-refractivity contribution in [1.82, 2.24) is 4.90 Å². The molecular formula is C11H22N2O. The van der Waals surface area contributed by atoms with Crippen LogP contribution in [0.2, 0.25) is 0 Å². The van der Waals surface area contributed by atoms with Crippen molar-refractivity contribution < 1.29 is 4.74 Å². The van der Waals surface area contributed by atoms with Gasteiger partial charge in [-0.1, -0.05) is 6.92 Å². The number of ether oxygens (including phenoxy) is 1. The van der Waals surface area contributed by atoms with Crippen LogP contribution in [0, 0.1) is 5.41 Å². The predicted octanol–water partition coefficient (Wildman–Crippen LogP) is 0.836. The standard InChI is InChI=1S/C11H22N2O/c1-2-13-6-3-11(4-7-13)5-8-14-10(11)9-12/h10H,2-9,12H2,1H3. The molecule has 0 aromatic rings. The summed E-state index contributed by atoms with van der Waals surface area (Å²) in [7, 11) is 0. The van der Waals surface area contributed by atoms with Crippen LogP contribution >= 0.6 is 0 Å². The molecule has 0 aliphatic carbocycles. The third-order valence-electron chi connectivity index (χ3n) is 4.12. The van der Waals surface area contributed by atoms with Crippen molar-refractivity contribution in [3.8, 4) is 0 Å². The monoisotopic (exact) mass is 198 g/mol. The highest BCUT2D eigenvalue weighted by molar-refractivity contribution is 4.95. The van der Waals surface area contributed by atoms with Crippen molar-refractivity contribution in [3.05, 3.63) is 0 Å². The fourth-order valence-corrected chi connectivity index (χ4v) is 2.95. The Bertz CT molecular complexity index is 188. The van der Waals surface area contributed by atoms with Gasteiger partial charge in [-0.2, -0.15) is 0 Å². The van der Waals surface area contributed by atoms with Gasteiger partial charge in [0.1, 0.15) is 0 Å². The van der Waals surface area contributed by atoms with Crippen LogP contribution in [0.5, 0.6) is 0 Å². The average molecular weight is 198 g/mol. The van der Waals surface area contributed by atoms with Crippen molar-refractivity contribution in [1.29, 1.82) is 0 Å². The zero-order valence-electron chi connectivity index (χ0n) is 9.17. The maximum absolute atomic E-state index is 5.77. The van der Waals surface area contributed by atoms with Crippen LogP contribution in [-0.2, 0) is 4.74 Å². The van der Waals surface area contributed by atoms with Gasteiger partial charge in [-0.25, -0.2) is 0 Å². The van der Waals surface area contributed by atoms with Crippen LogP contribution in [0.3, 0.4) is 0 Å². The Morgan fingerprint density at radius 1 is 1.36 bits per heavy atom. The molecule has 3 heteroatoms. The molecule has 0 amide bonds. The van der Waals surface area contributed by atoms with E-state index in [1.54, 1.807) is 0 Å². The largest absolute Gasteiger partial charge is 0.376 e. The van der Waals surface area contributed by atoms with E-state index in [0.717, 1.165) is 6.61 Å². The van der Waals surface area contributed by atoms with E-state index in [-0.39, 0.29) is 0 Å². The van der Waals surface area contributed by atoms with Gasteiger partial charge in [-0.3, -0.25) is 0 Å². The Labute approximate surface area is 86.6 Å². The van der Waals surface area contributed by atoms with Crippen molar-refractivity contribution in [2.24, 2.45) is 11.1 Å². The Morgan fingerprint density at radius 3 is 2.64 bits per heavy atom. The second-order valence-electron chi connectivity index (χ2n) is 4.64. The van der Waals surface area contributed by atoms with Gasteiger partial charge < -0.3 is 15.4 Å². The Morgan fingerprint density at radius 2 is 2.07 bits per heavy atom.